The Morgan fingerprint density at radius 3 is 3.05 bits per heavy atom. The number of nitriles is 1. The second-order valence-electron chi connectivity index (χ2n) is 4.76. The van der Waals surface area contributed by atoms with Crippen LogP contribution >= 0.6 is 11.6 Å². The predicted octanol–water partition coefficient (Wildman–Crippen LogP) is 3.76. The molecule has 1 aromatic carbocycles. The second kappa shape index (κ2) is 7.07. The SMILES string of the molecule is C=C(C)COCCNc1c(C#N)cnc2ccc(Cl)cc12. The van der Waals surface area contributed by atoms with Crippen LogP contribution in [-0.2, 0) is 4.74 Å². The van der Waals surface area contributed by atoms with Crippen molar-refractivity contribution in [1.82, 2.24) is 4.98 Å². The molecule has 0 aliphatic carbocycles. The van der Waals surface area contributed by atoms with Gasteiger partial charge in [0.05, 0.1) is 30.0 Å². The fourth-order valence-electron chi connectivity index (χ4n) is 1.93. The highest BCUT2D eigenvalue weighted by molar-refractivity contribution is 6.31. The van der Waals surface area contributed by atoms with Gasteiger partial charge in [0.1, 0.15) is 6.07 Å². The van der Waals surface area contributed by atoms with Gasteiger partial charge in [-0.05, 0) is 25.1 Å². The number of rotatable bonds is 6. The number of aromatic nitrogens is 1. The third-order valence-electron chi connectivity index (χ3n) is 2.85. The summed E-state index contributed by atoms with van der Waals surface area (Å²) in [7, 11) is 0. The molecule has 5 heteroatoms. The largest absolute Gasteiger partial charge is 0.381 e. The zero-order valence-corrected chi connectivity index (χ0v) is 12.6. The van der Waals surface area contributed by atoms with Crippen molar-refractivity contribution in [3.63, 3.8) is 0 Å². The van der Waals surface area contributed by atoms with E-state index in [0.717, 1.165) is 22.2 Å². The number of hydrogen-bond acceptors (Lipinski definition) is 4. The fraction of sp³-hybridized carbons (Fsp3) is 0.250. The van der Waals surface area contributed by atoms with E-state index in [2.05, 4.69) is 22.9 Å². The van der Waals surface area contributed by atoms with Crippen molar-refractivity contribution in [3.8, 4) is 6.07 Å². The molecule has 0 amide bonds. The van der Waals surface area contributed by atoms with E-state index in [1.54, 1.807) is 12.3 Å². The summed E-state index contributed by atoms with van der Waals surface area (Å²) in [4.78, 5) is 4.26. The van der Waals surface area contributed by atoms with Crippen molar-refractivity contribution in [3.05, 3.63) is 47.1 Å². The van der Waals surface area contributed by atoms with Gasteiger partial charge in [-0.1, -0.05) is 23.8 Å². The maximum Gasteiger partial charge on any atom is 0.103 e. The van der Waals surface area contributed by atoms with E-state index < -0.39 is 0 Å². The highest BCUT2D eigenvalue weighted by Gasteiger charge is 2.08. The van der Waals surface area contributed by atoms with Gasteiger partial charge in [-0.15, -0.1) is 0 Å². The van der Waals surface area contributed by atoms with Crippen LogP contribution in [0, 0.1) is 11.3 Å². The third-order valence-corrected chi connectivity index (χ3v) is 3.08. The van der Waals surface area contributed by atoms with Crippen LogP contribution in [-0.4, -0.2) is 24.7 Å². The Morgan fingerprint density at radius 1 is 1.52 bits per heavy atom. The molecule has 0 aliphatic rings. The molecule has 0 fully saturated rings. The zero-order chi connectivity index (χ0) is 15.2. The highest BCUT2D eigenvalue weighted by atomic mass is 35.5. The van der Waals surface area contributed by atoms with E-state index in [1.807, 2.05) is 19.1 Å². The molecule has 0 atom stereocenters. The predicted molar refractivity (Wildman–Crippen MR) is 85.6 cm³/mol. The maximum atomic E-state index is 9.22. The molecule has 0 saturated heterocycles. The number of nitrogens with zero attached hydrogens (tertiary/aromatic N) is 2. The molecule has 2 rings (SSSR count). The van der Waals surface area contributed by atoms with Crippen molar-refractivity contribution < 1.29 is 4.74 Å². The lowest BCUT2D eigenvalue weighted by Crippen LogP contribution is -2.11. The van der Waals surface area contributed by atoms with E-state index in [9.17, 15) is 5.26 Å². The molecule has 0 spiro atoms. The Hall–Kier alpha value is -2.09. The third kappa shape index (κ3) is 3.94. The Bertz CT molecular complexity index is 706. The molecule has 21 heavy (non-hydrogen) atoms. The summed E-state index contributed by atoms with van der Waals surface area (Å²) in [6.07, 6.45) is 1.56. The molecule has 2 aromatic rings. The number of fused-ring (bicyclic) bond motifs is 1. The van der Waals surface area contributed by atoms with Crippen molar-refractivity contribution in [2.24, 2.45) is 0 Å². The van der Waals surface area contributed by atoms with Crippen molar-refractivity contribution in [2.45, 2.75) is 6.92 Å². The zero-order valence-electron chi connectivity index (χ0n) is 11.8. The fourth-order valence-corrected chi connectivity index (χ4v) is 2.11. The van der Waals surface area contributed by atoms with Gasteiger partial charge in [-0.25, -0.2) is 0 Å². The molecular formula is C16H16ClN3O. The minimum Gasteiger partial charge on any atom is -0.381 e. The quantitative estimate of drug-likeness (QED) is 0.652. The molecule has 108 valence electrons. The van der Waals surface area contributed by atoms with Crippen LogP contribution in [0.25, 0.3) is 10.9 Å². The van der Waals surface area contributed by atoms with Crippen LogP contribution in [0.4, 0.5) is 5.69 Å². The Morgan fingerprint density at radius 2 is 2.33 bits per heavy atom. The van der Waals surface area contributed by atoms with Crippen molar-refractivity contribution in [1.29, 1.82) is 5.26 Å². The highest BCUT2D eigenvalue weighted by Crippen LogP contribution is 2.27. The molecule has 4 nitrogen and oxygen atoms in total. The molecule has 0 bridgehead atoms. The second-order valence-corrected chi connectivity index (χ2v) is 5.19. The van der Waals surface area contributed by atoms with Crippen LogP contribution in [0.2, 0.25) is 5.02 Å². The average molecular weight is 302 g/mol. The standard InChI is InChI=1S/C16H16ClN3O/c1-11(2)10-21-6-5-19-16-12(8-18)9-20-15-4-3-13(17)7-14(15)16/h3-4,7,9H,1,5-6,10H2,2H3,(H,19,20). The Labute approximate surface area is 129 Å². The Kier molecular flexibility index (Phi) is 5.15. The summed E-state index contributed by atoms with van der Waals surface area (Å²) in [5.41, 5.74) is 3.01. The van der Waals surface area contributed by atoms with Crippen LogP contribution < -0.4 is 5.32 Å². The first kappa shape index (κ1) is 15.3. The number of halogens is 1. The minimum absolute atomic E-state index is 0.490. The van der Waals surface area contributed by atoms with Crippen LogP contribution in [0.15, 0.2) is 36.5 Å². The molecule has 1 N–H and O–H groups in total. The van der Waals surface area contributed by atoms with E-state index >= 15 is 0 Å². The van der Waals surface area contributed by atoms with Crippen LogP contribution in [0.1, 0.15) is 12.5 Å². The molecule has 1 aromatic heterocycles. The average Bonchev–Trinajstić information content (AvgIpc) is 2.46. The lowest BCUT2D eigenvalue weighted by atomic mass is 10.1. The first-order valence-corrected chi connectivity index (χ1v) is 6.94. The van der Waals surface area contributed by atoms with Gasteiger partial charge in [0.2, 0.25) is 0 Å². The molecule has 0 aliphatic heterocycles. The summed E-state index contributed by atoms with van der Waals surface area (Å²) in [6.45, 7) is 7.35. The molecule has 0 radical (unpaired) electrons. The van der Waals surface area contributed by atoms with Crippen molar-refractivity contribution in [2.75, 3.05) is 25.1 Å². The van der Waals surface area contributed by atoms with E-state index in [4.69, 9.17) is 16.3 Å². The van der Waals surface area contributed by atoms with Crippen molar-refractivity contribution >= 4 is 28.2 Å². The number of pyridine rings is 1. The smallest absolute Gasteiger partial charge is 0.103 e. The number of benzene rings is 1. The topological polar surface area (TPSA) is 57.9 Å². The summed E-state index contributed by atoms with van der Waals surface area (Å²) < 4.78 is 5.44. The number of ether oxygens (including phenoxy) is 1. The molecule has 1 heterocycles. The van der Waals surface area contributed by atoms with Gasteiger partial charge in [-0.3, -0.25) is 4.98 Å². The lowest BCUT2D eigenvalue weighted by molar-refractivity contribution is 0.167. The number of anilines is 1. The summed E-state index contributed by atoms with van der Waals surface area (Å²) in [5.74, 6) is 0. The summed E-state index contributed by atoms with van der Waals surface area (Å²) in [6, 6.07) is 7.57. The molecule has 0 saturated carbocycles. The number of nitrogens with one attached hydrogen (secondary N) is 1. The van der Waals surface area contributed by atoms with Crippen LogP contribution in [0.3, 0.4) is 0 Å². The van der Waals surface area contributed by atoms with E-state index in [1.165, 1.54) is 0 Å². The monoisotopic (exact) mass is 301 g/mol. The summed E-state index contributed by atoms with van der Waals surface area (Å²) in [5, 5.41) is 13.9. The Balaban J connectivity index is 2.18. The number of hydrogen-bond donors (Lipinski definition) is 1. The lowest BCUT2D eigenvalue weighted by Gasteiger charge is -2.12. The molecule has 0 unspecified atom stereocenters. The van der Waals surface area contributed by atoms with Gasteiger partial charge in [0.15, 0.2) is 0 Å². The summed E-state index contributed by atoms with van der Waals surface area (Å²) >= 11 is 6.03. The first-order chi connectivity index (χ1) is 10.1. The van der Waals surface area contributed by atoms with Gasteiger partial charge in [-0.2, -0.15) is 5.26 Å². The van der Waals surface area contributed by atoms with Crippen LogP contribution in [0.5, 0.6) is 0 Å². The van der Waals surface area contributed by atoms with E-state index in [-0.39, 0.29) is 0 Å². The first-order valence-electron chi connectivity index (χ1n) is 6.56. The normalized spacial score (nSPS) is 10.3. The van der Waals surface area contributed by atoms with Gasteiger partial charge >= 0.3 is 0 Å². The van der Waals surface area contributed by atoms with E-state index in [0.29, 0.717) is 30.3 Å². The van der Waals surface area contributed by atoms with Gasteiger partial charge < -0.3 is 10.1 Å². The van der Waals surface area contributed by atoms with Gasteiger partial charge in [0.25, 0.3) is 0 Å². The van der Waals surface area contributed by atoms with Gasteiger partial charge in [0, 0.05) is 23.2 Å². The minimum atomic E-state index is 0.490. The maximum absolute atomic E-state index is 9.22. The molecular weight excluding hydrogens is 286 g/mol.